The first-order chi connectivity index (χ1) is 48.4. The number of hydrogen-bond donors (Lipinski definition) is 3. The van der Waals surface area contributed by atoms with Crippen LogP contribution in [0.1, 0.15) is 427 Å². The first-order valence-electron chi connectivity index (χ1n) is 42.1. The van der Waals surface area contributed by atoms with Crippen molar-refractivity contribution < 1.29 is 80.2 Å². The average Bonchev–Trinajstić information content (AvgIpc) is 0.921. The van der Waals surface area contributed by atoms with Gasteiger partial charge in [0.05, 0.1) is 26.4 Å². The van der Waals surface area contributed by atoms with Crippen molar-refractivity contribution in [2.45, 2.75) is 445 Å². The van der Waals surface area contributed by atoms with E-state index in [9.17, 15) is 43.2 Å². The van der Waals surface area contributed by atoms with Crippen molar-refractivity contribution in [1.82, 2.24) is 0 Å². The van der Waals surface area contributed by atoms with Gasteiger partial charge < -0.3 is 33.8 Å². The summed E-state index contributed by atoms with van der Waals surface area (Å²) in [5.41, 5.74) is 0. The highest BCUT2D eigenvalue weighted by molar-refractivity contribution is 7.47. The summed E-state index contributed by atoms with van der Waals surface area (Å²) < 4.78 is 68.6. The van der Waals surface area contributed by atoms with Gasteiger partial charge in [-0.25, -0.2) is 9.13 Å². The molecule has 0 aliphatic carbocycles. The minimum absolute atomic E-state index is 0.105. The fourth-order valence-electron chi connectivity index (χ4n) is 12.5. The van der Waals surface area contributed by atoms with E-state index in [0.29, 0.717) is 25.7 Å². The zero-order chi connectivity index (χ0) is 73.5. The second-order valence-corrected chi connectivity index (χ2v) is 32.6. The van der Waals surface area contributed by atoms with E-state index in [1.807, 2.05) is 0 Å². The number of rotatable bonds is 80. The lowest BCUT2D eigenvalue weighted by molar-refractivity contribution is -0.161. The van der Waals surface area contributed by atoms with E-state index >= 15 is 0 Å². The van der Waals surface area contributed by atoms with Crippen LogP contribution in [0, 0.1) is 11.8 Å². The highest BCUT2D eigenvalue weighted by Gasteiger charge is 2.30. The summed E-state index contributed by atoms with van der Waals surface area (Å²) in [6.07, 6.45) is 62.6. The molecule has 4 unspecified atom stereocenters. The number of carbonyl (C=O) groups is 4. The fourth-order valence-corrected chi connectivity index (χ4v) is 14.1. The van der Waals surface area contributed by atoms with Crippen molar-refractivity contribution in [2.24, 2.45) is 11.8 Å². The first kappa shape index (κ1) is 98.1. The van der Waals surface area contributed by atoms with Crippen molar-refractivity contribution in [3.8, 4) is 0 Å². The Bertz CT molecular complexity index is 1930. The van der Waals surface area contributed by atoms with E-state index in [0.717, 1.165) is 108 Å². The van der Waals surface area contributed by atoms with Crippen molar-refractivity contribution in [3.63, 3.8) is 0 Å². The Hall–Kier alpha value is -1.94. The van der Waals surface area contributed by atoms with Crippen LogP contribution in [0.2, 0.25) is 0 Å². The number of unbranched alkanes of at least 4 members (excludes halogenated alkanes) is 48. The molecule has 17 nitrogen and oxygen atoms in total. The molecule has 100 heavy (non-hydrogen) atoms. The first-order valence-corrected chi connectivity index (χ1v) is 45.1. The van der Waals surface area contributed by atoms with E-state index in [1.54, 1.807) is 0 Å². The van der Waals surface area contributed by atoms with Crippen LogP contribution >= 0.6 is 15.6 Å². The van der Waals surface area contributed by atoms with Gasteiger partial charge in [-0.2, -0.15) is 0 Å². The highest BCUT2D eigenvalue weighted by Crippen LogP contribution is 2.45. The molecule has 0 bridgehead atoms. The van der Waals surface area contributed by atoms with Crippen LogP contribution in [0.5, 0.6) is 0 Å². The number of ether oxygens (including phenoxy) is 4. The van der Waals surface area contributed by atoms with Gasteiger partial charge in [0, 0.05) is 25.7 Å². The second kappa shape index (κ2) is 72.6. The molecule has 0 aliphatic heterocycles. The van der Waals surface area contributed by atoms with E-state index < -0.39 is 97.5 Å². The molecule has 0 aliphatic rings. The summed E-state index contributed by atoms with van der Waals surface area (Å²) in [6, 6.07) is 0. The molecule has 0 heterocycles. The molecule has 0 rings (SSSR count). The number of phosphoric acid groups is 2. The molecule has 0 saturated carbocycles. The molecule has 7 atom stereocenters. The number of carbonyl (C=O) groups excluding carboxylic acids is 4. The van der Waals surface area contributed by atoms with Crippen molar-refractivity contribution in [3.05, 3.63) is 0 Å². The second-order valence-electron chi connectivity index (χ2n) is 29.6. The van der Waals surface area contributed by atoms with Crippen molar-refractivity contribution in [2.75, 3.05) is 39.6 Å². The molecule has 0 radical (unpaired) electrons. The summed E-state index contributed by atoms with van der Waals surface area (Å²) in [5, 5.41) is 10.6. The van der Waals surface area contributed by atoms with Gasteiger partial charge in [-0.1, -0.05) is 375 Å². The number of phosphoric ester groups is 2. The Morgan fingerprint density at radius 1 is 0.280 bits per heavy atom. The van der Waals surface area contributed by atoms with Crippen LogP contribution in [0.3, 0.4) is 0 Å². The molecule has 0 aromatic rings. The lowest BCUT2D eigenvalue weighted by Gasteiger charge is -2.21. The minimum Gasteiger partial charge on any atom is -0.462 e. The smallest absolute Gasteiger partial charge is 0.462 e. The van der Waals surface area contributed by atoms with Crippen LogP contribution in [0.4, 0.5) is 0 Å². The van der Waals surface area contributed by atoms with Crippen LogP contribution in [0.15, 0.2) is 0 Å². The third-order valence-electron chi connectivity index (χ3n) is 19.7. The zero-order valence-corrected chi connectivity index (χ0v) is 67.3. The van der Waals surface area contributed by atoms with Gasteiger partial charge in [-0.15, -0.1) is 0 Å². The normalized spacial score (nSPS) is 14.4. The number of aliphatic hydroxyl groups is 1. The minimum atomic E-state index is -4.96. The molecule has 0 spiro atoms. The van der Waals surface area contributed by atoms with Gasteiger partial charge >= 0.3 is 39.5 Å². The Kier molecular flexibility index (Phi) is 71.2. The highest BCUT2D eigenvalue weighted by atomic mass is 31.2. The van der Waals surface area contributed by atoms with Crippen molar-refractivity contribution >= 4 is 39.5 Å². The maximum atomic E-state index is 13.1. The van der Waals surface area contributed by atoms with Gasteiger partial charge in [0.1, 0.15) is 19.3 Å². The van der Waals surface area contributed by atoms with Gasteiger partial charge in [0.25, 0.3) is 0 Å². The summed E-state index contributed by atoms with van der Waals surface area (Å²) >= 11 is 0. The summed E-state index contributed by atoms with van der Waals surface area (Å²) in [4.78, 5) is 72.9. The van der Waals surface area contributed by atoms with E-state index in [1.165, 1.54) is 238 Å². The van der Waals surface area contributed by atoms with E-state index in [-0.39, 0.29) is 25.7 Å². The summed E-state index contributed by atoms with van der Waals surface area (Å²) in [6.45, 7) is 9.65. The molecule has 0 saturated heterocycles. The standard InChI is InChI=1S/C81H158O17P2/c1-7-11-13-15-17-19-20-21-22-23-24-25-26-27-28-29-34-37-40-47-53-59-65-80(85)97-77(70-92-79(84)64-58-52-46-39-36-33-31-30-32-35-38-43-49-55-61-73(5)9-3)72-96-100(89,90)94-68-75(82)67-93-99(87,88)95-71-76(69-91-78(83)63-57-51-45-18-16-14-12-8-2)98-81(86)66-60-54-48-42-41-44-50-56-62-74(6)10-4/h73-77,82H,7-72H2,1-6H3,(H,87,88)(H,89,90)/t73?,74?,75-,76+,77+/m0/s1. The third-order valence-corrected chi connectivity index (χ3v) is 21.6. The number of esters is 4. The molecule has 0 fully saturated rings. The Balaban J connectivity index is 5.18. The van der Waals surface area contributed by atoms with Gasteiger partial charge in [0.2, 0.25) is 0 Å². The third kappa shape index (κ3) is 71.7. The maximum absolute atomic E-state index is 13.1. The monoisotopic (exact) mass is 1470 g/mol. The predicted molar refractivity (Wildman–Crippen MR) is 409 cm³/mol. The van der Waals surface area contributed by atoms with E-state index in [4.69, 9.17) is 37.0 Å². The molecular formula is C81H158O17P2. The van der Waals surface area contributed by atoms with Gasteiger partial charge in [-0.3, -0.25) is 37.3 Å². The lowest BCUT2D eigenvalue weighted by atomic mass is 9.99. The molecule has 0 aromatic carbocycles. The Morgan fingerprint density at radius 2 is 0.480 bits per heavy atom. The van der Waals surface area contributed by atoms with Crippen molar-refractivity contribution in [1.29, 1.82) is 0 Å². The summed E-state index contributed by atoms with van der Waals surface area (Å²) in [7, 11) is -9.91. The lowest BCUT2D eigenvalue weighted by Crippen LogP contribution is -2.30. The predicted octanol–water partition coefficient (Wildman–Crippen LogP) is 24.3. The fraction of sp³-hybridized carbons (Fsp3) is 0.951. The Labute approximate surface area is 613 Å². The van der Waals surface area contributed by atoms with E-state index in [2.05, 4.69) is 41.5 Å². The summed E-state index contributed by atoms with van der Waals surface area (Å²) in [5.74, 6) is -0.495. The van der Waals surface area contributed by atoms with Crippen LogP contribution in [-0.2, 0) is 65.4 Å². The molecule has 0 amide bonds. The Morgan fingerprint density at radius 3 is 0.710 bits per heavy atom. The zero-order valence-electron chi connectivity index (χ0n) is 65.5. The molecule has 3 N–H and O–H groups in total. The molecule has 19 heteroatoms. The number of aliphatic hydroxyl groups excluding tert-OH is 1. The molecule has 0 aromatic heterocycles. The van der Waals surface area contributed by atoms with Gasteiger partial charge in [-0.05, 0) is 37.5 Å². The SMILES string of the molecule is CCCCCCCCCCCCCCCCCCCCCCCCC(=O)O[C@H](COC(=O)CCCCCCCCCCCCCCCCC(C)CC)COP(=O)(O)OC[C@@H](O)COP(=O)(O)OC[C@@H](COC(=O)CCCCCCCCCC)OC(=O)CCCCCCCCCCC(C)CC. The average molecular weight is 1470 g/mol. The number of hydrogen-bond acceptors (Lipinski definition) is 15. The molecule has 594 valence electrons. The van der Waals surface area contributed by atoms with Crippen LogP contribution in [0.25, 0.3) is 0 Å². The quantitative estimate of drug-likeness (QED) is 0.0222. The molecular weight excluding hydrogens is 1310 g/mol. The van der Waals surface area contributed by atoms with Crippen LogP contribution in [-0.4, -0.2) is 96.7 Å². The largest absolute Gasteiger partial charge is 0.472 e. The topological polar surface area (TPSA) is 237 Å². The van der Waals surface area contributed by atoms with Crippen LogP contribution < -0.4 is 0 Å². The maximum Gasteiger partial charge on any atom is 0.472 e. The van der Waals surface area contributed by atoms with Gasteiger partial charge in [0.15, 0.2) is 12.2 Å².